The fraction of sp³-hybridized carbons (Fsp3) is 0.364. The third-order valence-corrected chi connectivity index (χ3v) is 6.85. The van der Waals surface area contributed by atoms with Crippen LogP contribution in [0.3, 0.4) is 0 Å². The summed E-state index contributed by atoms with van der Waals surface area (Å²) in [5.74, 6) is -0.489. The van der Waals surface area contributed by atoms with Gasteiger partial charge in [-0.15, -0.1) is 0 Å². The average molecular weight is 561 g/mol. The molecule has 0 saturated carbocycles. The highest BCUT2D eigenvalue weighted by molar-refractivity contribution is 9.10. The van der Waals surface area contributed by atoms with Crippen molar-refractivity contribution in [3.63, 3.8) is 0 Å². The molecular formula is C22H27BrClN3O5S. The second-order valence-electron chi connectivity index (χ2n) is 7.31. The molecule has 33 heavy (non-hydrogen) atoms. The number of likely N-dealkylation sites (N-methyl/N-ethyl adjacent to an activating group) is 1. The number of nitrogens with one attached hydrogen (secondary N) is 1. The lowest BCUT2D eigenvalue weighted by atomic mass is 10.1. The first-order valence-corrected chi connectivity index (χ1v) is 13.1. The summed E-state index contributed by atoms with van der Waals surface area (Å²) < 4.78 is 32.1. The van der Waals surface area contributed by atoms with Crippen molar-refractivity contribution in [3.05, 3.63) is 57.5 Å². The molecule has 11 heteroatoms. The zero-order valence-electron chi connectivity index (χ0n) is 18.8. The summed E-state index contributed by atoms with van der Waals surface area (Å²) in [6.07, 6.45) is 1.00. The Morgan fingerprint density at radius 2 is 1.82 bits per heavy atom. The number of benzene rings is 2. The Labute approximate surface area is 208 Å². The van der Waals surface area contributed by atoms with Crippen LogP contribution in [-0.2, 0) is 26.2 Å². The predicted octanol–water partition coefficient (Wildman–Crippen LogP) is 3.43. The molecule has 0 aromatic heterocycles. The molecule has 0 radical (unpaired) electrons. The van der Waals surface area contributed by atoms with Crippen LogP contribution in [0.25, 0.3) is 0 Å². The number of carbonyl (C=O) groups is 2. The minimum Gasteiger partial charge on any atom is -0.495 e. The highest BCUT2D eigenvalue weighted by Crippen LogP contribution is 2.30. The summed E-state index contributed by atoms with van der Waals surface area (Å²) in [5, 5.41) is 2.91. The maximum atomic E-state index is 13.4. The smallest absolute Gasteiger partial charge is 0.244 e. The molecule has 0 aliphatic heterocycles. The molecule has 0 fully saturated rings. The lowest BCUT2D eigenvalue weighted by Crippen LogP contribution is -2.51. The molecule has 1 atom stereocenters. The number of ether oxygens (including phenoxy) is 1. The summed E-state index contributed by atoms with van der Waals surface area (Å²) in [5.41, 5.74) is 1.01. The molecular weight excluding hydrogens is 534 g/mol. The fourth-order valence-corrected chi connectivity index (χ4v) is 4.47. The van der Waals surface area contributed by atoms with E-state index in [1.54, 1.807) is 13.8 Å². The Balaban J connectivity index is 2.39. The van der Waals surface area contributed by atoms with Crippen LogP contribution in [0.4, 0.5) is 5.69 Å². The van der Waals surface area contributed by atoms with Gasteiger partial charge in [0.05, 0.1) is 24.1 Å². The Morgan fingerprint density at radius 1 is 1.18 bits per heavy atom. The van der Waals surface area contributed by atoms with E-state index in [-0.39, 0.29) is 23.2 Å². The number of carbonyl (C=O) groups excluding carboxylic acids is 2. The van der Waals surface area contributed by atoms with Gasteiger partial charge in [-0.2, -0.15) is 0 Å². The predicted molar refractivity (Wildman–Crippen MR) is 133 cm³/mol. The quantitative estimate of drug-likeness (QED) is 0.480. The van der Waals surface area contributed by atoms with Gasteiger partial charge in [0.15, 0.2) is 0 Å². The average Bonchev–Trinajstić information content (AvgIpc) is 2.75. The second-order valence-corrected chi connectivity index (χ2v) is 10.5. The topological polar surface area (TPSA) is 96.0 Å². The molecule has 0 bridgehead atoms. The third kappa shape index (κ3) is 7.35. The van der Waals surface area contributed by atoms with Crippen LogP contribution in [0.1, 0.15) is 19.4 Å². The van der Waals surface area contributed by atoms with Crippen molar-refractivity contribution in [1.82, 2.24) is 10.2 Å². The zero-order valence-corrected chi connectivity index (χ0v) is 22.0. The second kappa shape index (κ2) is 11.7. The van der Waals surface area contributed by atoms with Gasteiger partial charge in [-0.1, -0.05) is 39.7 Å². The maximum absolute atomic E-state index is 13.4. The number of hydrogen-bond donors (Lipinski definition) is 1. The minimum atomic E-state index is -3.84. The highest BCUT2D eigenvalue weighted by Gasteiger charge is 2.30. The Morgan fingerprint density at radius 3 is 2.33 bits per heavy atom. The molecule has 0 spiro atoms. The van der Waals surface area contributed by atoms with Gasteiger partial charge >= 0.3 is 0 Å². The van der Waals surface area contributed by atoms with Crippen LogP contribution >= 0.6 is 27.5 Å². The number of anilines is 1. The summed E-state index contributed by atoms with van der Waals surface area (Å²) in [6.45, 7) is 3.43. The van der Waals surface area contributed by atoms with Crippen LogP contribution in [0.15, 0.2) is 46.9 Å². The van der Waals surface area contributed by atoms with Gasteiger partial charge in [0.2, 0.25) is 21.8 Å². The van der Waals surface area contributed by atoms with Crippen LogP contribution < -0.4 is 14.4 Å². The Bertz CT molecular complexity index is 1100. The van der Waals surface area contributed by atoms with Crippen molar-refractivity contribution in [1.29, 1.82) is 0 Å². The molecule has 0 heterocycles. The molecule has 2 amide bonds. The highest BCUT2D eigenvalue weighted by atomic mass is 79.9. The SMILES string of the molecule is CCNC(=O)[C@H](C)N(Cc1ccc(Br)cc1)C(=O)CN(c1ccc(OC)c(Cl)c1)S(C)(=O)=O. The van der Waals surface area contributed by atoms with E-state index in [0.29, 0.717) is 12.3 Å². The van der Waals surface area contributed by atoms with Gasteiger partial charge < -0.3 is 15.0 Å². The molecule has 0 saturated heterocycles. The van der Waals surface area contributed by atoms with Crippen LogP contribution in [0.2, 0.25) is 5.02 Å². The normalized spacial score (nSPS) is 12.1. The van der Waals surface area contributed by atoms with Crippen LogP contribution in [0.5, 0.6) is 5.75 Å². The molecule has 2 aromatic carbocycles. The van der Waals surface area contributed by atoms with E-state index in [1.807, 2.05) is 24.3 Å². The maximum Gasteiger partial charge on any atom is 0.244 e. The standard InChI is InChI=1S/C22H27BrClN3O5S/c1-5-25-22(29)15(2)26(13-16-6-8-17(23)9-7-16)21(28)14-27(33(4,30)31)18-10-11-20(32-3)19(24)12-18/h6-12,15H,5,13-14H2,1-4H3,(H,25,29)/t15-/m0/s1. The molecule has 8 nitrogen and oxygen atoms in total. The molecule has 2 aromatic rings. The summed E-state index contributed by atoms with van der Waals surface area (Å²) in [6, 6.07) is 10.9. The number of halogens is 2. The van der Waals surface area contributed by atoms with Crippen molar-refractivity contribution < 1.29 is 22.7 Å². The van der Waals surface area contributed by atoms with E-state index in [1.165, 1.54) is 30.2 Å². The van der Waals surface area contributed by atoms with E-state index in [0.717, 1.165) is 20.6 Å². The molecule has 2 rings (SSSR count). The number of nitrogens with zero attached hydrogens (tertiary/aromatic N) is 2. The third-order valence-electron chi connectivity index (χ3n) is 4.89. The van der Waals surface area contributed by atoms with Crippen molar-refractivity contribution >= 4 is 55.1 Å². The van der Waals surface area contributed by atoms with Crippen molar-refractivity contribution in [2.75, 3.05) is 30.8 Å². The molecule has 0 aliphatic rings. The molecule has 0 unspecified atom stereocenters. The summed E-state index contributed by atoms with van der Waals surface area (Å²) in [7, 11) is -2.39. The van der Waals surface area contributed by atoms with E-state index < -0.39 is 28.5 Å². The van der Waals surface area contributed by atoms with Gasteiger partial charge in [-0.3, -0.25) is 13.9 Å². The van der Waals surface area contributed by atoms with Crippen molar-refractivity contribution in [2.45, 2.75) is 26.4 Å². The van der Waals surface area contributed by atoms with Gasteiger partial charge in [0.25, 0.3) is 0 Å². The number of sulfonamides is 1. The first-order chi connectivity index (χ1) is 15.5. The Kier molecular flexibility index (Phi) is 9.57. The van der Waals surface area contributed by atoms with Gasteiger partial charge in [0, 0.05) is 17.6 Å². The number of rotatable bonds is 10. The first-order valence-electron chi connectivity index (χ1n) is 10.1. The fourth-order valence-electron chi connectivity index (χ4n) is 3.12. The summed E-state index contributed by atoms with van der Waals surface area (Å²) >= 11 is 9.54. The molecule has 0 aliphatic carbocycles. The van der Waals surface area contributed by atoms with E-state index >= 15 is 0 Å². The minimum absolute atomic E-state index is 0.130. The number of hydrogen-bond acceptors (Lipinski definition) is 5. The number of methoxy groups -OCH3 is 1. The van der Waals surface area contributed by atoms with Crippen LogP contribution in [-0.4, -0.2) is 57.6 Å². The largest absolute Gasteiger partial charge is 0.495 e. The van der Waals surface area contributed by atoms with Crippen molar-refractivity contribution in [2.24, 2.45) is 0 Å². The van der Waals surface area contributed by atoms with Gasteiger partial charge in [0.1, 0.15) is 18.3 Å². The van der Waals surface area contributed by atoms with E-state index in [2.05, 4.69) is 21.2 Å². The van der Waals surface area contributed by atoms with Crippen LogP contribution in [0, 0.1) is 0 Å². The monoisotopic (exact) mass is 559 g/mol. The molecule has 1 N–H and O–H groups in total. The number of amides is 2. The molecule has 180 valence electrons. The van der Waals surface area contributed by atoms with Crippen molar-refractivity contribution in [3.8, 4) is 5.75 Å². The lowest BCUT2D eigenvalue weighted by molar-refractivity contribution is -0.139. The Hall–Kier alpha value is -2.30. The van der Waals surface area contributed by atoms with E-state index in [9.17, 15) is 18.0 Å². The lowest BCUT2D eigenvalue weighted by Gasteiger charge is -2.31. The summed E-state index contributed by atoms with van der Waals surface area (Å²) in [4.78, 5) is 27.3. The first kappa shape index (κ1) is 26.9. The van der Waals surface area contributed by atoms with Gasteiger partial charge in [-0.05, 0) is 49.7 Å². The van der Waals surface area contributed by atoms with Gasteiger partial charge in [-0.25, -0.2) is 8.42 Å². The zero-order chi connectivity index (χ0) is 24.8. The van der Waals surface area contributed by atoms with E-state index in [4.69, 9.17) is 16.3 Å².